The monoisotopic (exact) mass is 316 g/mol. The Hall–Kier alpha value is -1.65. The maximum absolute atomic E-state index is 12.0. The Morgan fingerprint density at radius 1 is 1.23 bits per heavy atom. The van der Waals surface area contributed by atoms with Crippen LogP contribution in [0.25, 0.3) is 0 Å². The van der Waals surface area contributed by atoms with Gasteiger partial charge in [-0.25, -0.2) is 0 Å². The summed E-state index contributed by atoms with van der Waals surface area (Å²) in [6.45, 7) is 0.661. The number of amides is 1. The predicted octanol–water partition coefficient (Wildman–Crippen LogP) is 3.49. The number of rotatable bonds is 8. The smallest absolute Gasteiger partial charge is 0.220 e. The minimum Gasteiger partial charge on any atom is -0.354 e. The molecular formula is C18H24N2OS. The molecule has 118 valence electrons. The summed E-state index contributed by atoms with van der Waals surface area (Å²) >= 11 is 1.69. The van der Waals surface area contributed by atoms with E-state index in [2.05, 4.69) is 39.2 Å². The van der Waals surface area contributed by atoms with E-state index >= 15 is 0 Å². The highest BCUT2D eigenvalue weighted by Gasteiger charge is 2.15. The zero-order valence-corrected chi connectivity index (χ0v) is 14.1. The first-order valence-electron chi connectivity index (χ1n) is 7.66. The molecule has 0 unspecified atom stereocenters. The Morgan fingerprint density at radius 3 is 2.64 bits per heavy atom. The number of carbonyl (C=O) groups is 1. The van der Waals surface area contributed by atoms with Crippen molar-refractivity contribution >= 4 is 17.2 Å². The second kappa shape index (κ2) is 8.71. The number of benzene rings is 1. The first kappa shape index (κ1) is 16.7. The van der Waals surface area contributed by atoms with Crippen LogP contribution < -0.4 is 5.32 Å². The Bertz CT molecular complexity index is 552. The van der Waals surface area contributed by atoms with Crippen molar-refractivity contribution in [2.24, 2.45) is 0 Å². The number of carbonyl (C=O) groups excluding carboxylic acids is 1. The summed E-state index contributed by atoms with van der Waals surface area (Å²) in [5, 5.41) is 7.28. The van der Waals surface area contributed by atoms with Crippen molar-refractivity contribution in [3.8, 4) is 0 Å². The number of aryl methyl sites for hydroxylation is 1. The van der Waals surface area contributed by atoms with E-state index in [0.29, 0.717) is 13.0 Å². The van der Waals surface area contributed by atoms with Crippen molar-refractivity contribution in [1.82, 2.24) is 10.2 Å². The van der Waals surface area contributed by atoms with Gasteiger partial charge in [0, 0.05) is 13.0 Å². The van der Waals surface area contributed by atoms with Gasteiger partial charge in [0.2, 0.25) is 5.91 Å². The zero-order valence-electron chi connectivity index (χ0n) is 13.3. The summed E-state index contributed by atoms with van der Waals surface area (Å²) in [6.07, 6.45) is 2.43. The van der Waals surface area contributed by atoms with Crippen molar-refractivity contribution in [3.05, 3.63) is 58.3 Å². The van der Waals surface area contributed by atoms with Gasteiger partial charge in [-0.05, 0) is 54.9 Å². The number of hydrogen-bond acceptors (Lipinski definition) is 3. The van der Waals surface area contributed by atoms with Gasteiger partial charge < -0.3 is 10.2 Å². The number of thiophene rings is 1. The Labute approximate surface area is 137 Å². The molecule has 0 aliphatic carbocycles. The third-order valence-corrected chi connectivity index (χ3v) is 4.46. The van der Waals surface area contributed by atoms with E-state index in [1.165, 1.54) is 11.1 Å². The van der Waals surface area contributed by atoms with Crippen LogP contribution in [0.15, 0.2) is 47.2 Å². The summed E-state index contributed by atoms with van der Waals surface area (Å²) in [7, 11) is 4.09. The van der Waals surface area contributed by atoms with Crippen LogP contribution >= 0.6 is 11.3 Å². The van der Waals surface area contributed by atoms with Crippen molar-refractivity contribution < 1.29 is 4.79 Å². The average Bonchev–Trinajstić information content (AvgIpc) is 3.02. The molecule has 0 aliphatic rings. The van der Waals surface area contributed by atoms with E-state index in [-0.39, 0.29) is 11.9 Å². The van der Waals surface area contributed by atoms with Gasteiger partial charge in [0.1, 0.15) is 0 Å². The van der Waals surface area contributed by atoms with Crippen molar-refractivity contribution in [3.63, 3.8) is 0 Å². The maximum Gasteiger partial charge on any atom is 0.220 e. The standard InChI is InChI=1S/C18H24N2OS/c1-20(2)17(16-11-12-22-14-16)13-19-18(21)10-6-9-15-7-4-3-5-8-15/h3-5,7-8,11-12,14,17H,6,9-10,13H2,1-2H3,(H,19,21)/t17-/m0/s1. The van der Waals surface area contributed by atoms with E-state index in [1.807, 2.05) is 32.3 Å². The zero-order chi connectivity index (χ0) is 15.8. The van der Waals surface area contributed by atoms with Gasteiger partial charge in [-0.1, -0.05) is 30.3 Å². The quantitative estimate of drug-likeness (QED) is 0.808. The Morgan fingerprint density at radius 2 is 2.00 bits per heavy atom. The lowest BCUT2D eigenvalue weighted by Gasteiger charge is -2.24. The molecule has 4 heteroatoms. The van der Waals surface area contributed by atoms with Gasteiger partial charge in [-0.2, -0.15) is 11.3 Å². The Kier molecular flexibility index (Phi) is 6.62. The molecule has 1 aromatic heterocycles. The first-order valence-corrected chi connectivity index (χ1v) is 8.60. The predicted molar refractivity (Wildman–Crippen MR) is 93.1 cm³/mol. The molecule has 2 aromatic rings. The topological polar surface area (TPSA) is 32.3 Å². The average molecular weight is 316 g/mol. The molecule has 1 heterocycles. The summed E-state index contributed by atoms with van der Waals surface area (Å²) in [5.41, 5.74) is 2.55. The third-order valence-electron chi connectivity index (χ3n) is 3.76. The summed E-state index contributed by atoms with van der Waals surface area (Å²) < 4.78 is 0. The fraction of sp³-hybridized carbons (Fsp3) is 0.389. The highest BCUT2D eigenvalue weighted by atomic mass is 32.1. The molecule has 22 heavy (non-hydrogen) atoms. The molecular weight excluding hydrogens is 292 g/mol. The second-order valence-corrected chi connectivity index (χ2v) is 6.46. The first-order chi connectivity index (χ1) is 10.7. The molecule has 0 aliphatic heterocycles. The van der Waals surface area contributed by atoms with E-state index in [4.69, 9.17) is 0 Å². The van der Waals surface area contributed by atoms with Gasteiger partial charge in [-0.3, -0.25) is 4.79 Å². The highest BCUT2D eigenvalue weighted by molar-refractivity contribution is 7.07. The van der Waals surface area contributed by atoms with Crippen molar-refractivity contribution in [1.29, 1.82) is 0 Å². The van der Waals surface area contributed by atoms with Crippen LogP contribution in [0, 0.1) is 0 Å². The van der Waals surface area contributed by atoms with Gasteiger partial charge in [0.25, 0.3) is 0 Å². The van der Waals surface area contributed by atoms with Crippen LogP contribution in [-0.4, -0.2) is 31.4 Å². The molecule has 0 saturated carbocycles. The minimum atomic E-state index is 0.137. The summed E-state index contributed by atoms with van der Waals surface area (Å²) in [5.74, 6) is 0.137. The fourth-order valence-electron chi connectivity index (χ4n) is 2.46. The molecule has 0 fully saturated rings. The molecule has 2 rings (SSSR count). The van der Waals surface area contributed by atoms with Gasteiger partial charge in [0.05, 0.1) is 6.04 Å². The van der Waals surface area contributed by atoms with Crippen LogP contribution in [0.5, 0.6) is 0 Å². The summed E-state index contributed by atoms with van der Waals surface area (Å²) in [4.78, 5) is 14.1. The normalized spacial score (nSPS) is 12.3. The van der Waals surface area contributed by atoms with Crippen LogP contribution in [0.3, 0.4) is 0 Å². The van der Waals surface area contributed by atoms with Crippen LogP contribution in [0.4, 0.5) is 0 Å². The fourth-order valence-corrected chi connectivity index (χ4v) is 3.17. The van der Waals surface area contributed by atoms with Gasteiger partial charge >= 0.3 is 0 Å². The molecule has 1 amide bonds. The third kappa shape index (κ3) is 5.28. The lowest BCUT2D eigenvalue weighted by Crippen LogP contribution is -2.34. The maximum atomic E-state index is 12.0. The highest BCUT2D eigenvalue weighted by Crippen LogP contribution is 2.20. The van der Waals surface area contributed by atoms with E-state index in [9.17, 15) is 4.79 Å². The lowest BCUT2D eigenvalue weighted by molar-refractivity contribution is -0.121. The molecule has 0 spiro atoms. The van der Waals surface area contributed by atoms with Crippen LogP contribution in [-0.2, 0) is 11.2 Å². The largest absolute Gasteiger partial charge is 0.354 e. The molecule has 0 saturated heterocycles. The number of hydrogen-bond donors (Lipinski definition) is 1. The molecule has 1 aromatic carbocycles. The Balaban J connectivity index is 1.72. The molecule has 0 bridgehead atoms. The van der Waals surface area contributed by atoms with E-state index < -0.39 is 0 Å². The van der Waals surface area contributed by atoms with E-state index in [1.54, 1.807) is 11.3 Å². The molecule has 1 atom stereocenters. The van der Waals surface area contributed by atoms with Crippen LogP contribution in [0.1, 0.15) is 30.0 Å². The van der Waals surface area contributed by atoms with E-state index in [0.717, 1.165) is 12.8 Å². The van der Waals surface area contributed by atoms with Crippen LogP contribution in [0.2, 0.25) is 0 Å². The SMILES string of the molecule is CN(C)[C@@H](CNC(=O)CCCc1ccccc1)c1ccsc1. The summed E-state index contributed by atoms with van der Waals surface area (Å²) in [6, 6.07) is 12.7. The van der Waals surface area contributed by atoms with Crippen molar-refractivity contribution in [2.75, 3.05) is 20.6 Å². The minimum absolute atomic E-state index is 0.137. The molecule has 1 N–H and O–H groups in total. The lowest BCUT2D eigenvalue weighted by atomic mass is 10.1. The second-order valence-electron chi connectivity index (χ2n) is 5.68. The van der Waals surface area contributed by atoms with Gasteiger partial charge in [0.15, 0.2) is 0 Å². The number of nitrogens with one attached hydrogen (secondary N) is 1. The molecule has 0 radical (unpaired) electrons. The number of nitrogens with zero attached hydrogens (tertiary/aromatic N) is 1. The molecule has 3 nitrogen and oxygen atoms in total. The van der Waals surface area contributed by atoms with Crippen molar-refractivity contribution in [2.45, 2.75) is 25.3 Å². The van der Waals surface area contributed by atoms with Gasteiger partial charge in [-0.15, -0.1) is 0 Å². The number of likely N-dealkylation sites (N-methyl/N-ethyl adjacent to an activating group) is 1.